The molecule has 0 bridgehead atoms. The molecule has 1 aromatic carbocycles. The Bertz CT molecular complexity index is 585. The van der Waals surface area contributed by atoms with Gasteiger partial charge in [-0.1, -0.05) is 12.1 Å². The lowest BCUT2D eigenvalue weighted by molar-refractivity contribution is -0.0250. The number of thioether (sulfide) groups is 1. The van der Waals surface area contributed by atoms with E-state index < -0.39 is 0 Å². The zero-order chi connectivity index (χ0) is 19.0. The molecule has 7 heteroatoms. The number of hydrogen-bond acceptors (Lipinski definition) is 5. The Morgan fingerprint density at radius 2 is 1.89 bits per heavy atom. The van der Waals surface area contributed by atoms with Crippen LogP contribution in [0.3, 0.4) is 0 Å². The van der Waals surface area contributed by atoms with E-state index in [1.54, 1.807) is 7.11 Å². The lowest BCUT2D eigenvalue weighted by Crippen LogP contribution is -2.61. The van der Waals surface area contributed by atoms with Crippen molar-refractivity contribution in [1.29, 1.82) is 0 Å². The second kappa shape index (κ2) is 10.2. The minimum absolute atomic E-state index is 0.0747. The highest BCUT2D eigenvalue weighted by molar-refractivity contribution is 7.99. The molecular weight excluding hydrogens is 362 g/mol. The van der Waals surface area contributed by atoms with Crippen LogP contribution in [0.5, 0.6) is 5.75 Å². The molecule has 0 radical (unpaired) electrons. The van der Waals surface area contributed by atoms with E-state index >= 15 is 0 Å². The van der Waals surface area contributed by atoms with Gasteiger partial charge in [0.25, 0.3) is 0 Å². The molecule has 0 atom stereocenters. The smallest absolute Gasteiger partial charge is 0.314 e. The molecular formula is C20H31N3O3S. The van der Waals surface area contributed by atoms with E-state index in [4.69, 9.17) is 9.47 Å². The van der Waals surface area contributed by atoms with Crippen LogP contribution in [0.2, 0.25) is 0 Å². The summed E-state index contributed by atoms with van der Waals surface area (Å²) >= 11 is 2.01. The summed E-state index contributed by atoms with van der Waals surface area (Å²) in [6, 6.07) is 7.89. The average Bonchev–Trinajstić information content (AvgIpc) is 2.74. The highest BCUT2D eigenvalue weighted by Crippen LogP contribution is 2.32. The van der Waals surface area contributed by atoms with Crippen molar-refractivity contribution in [3.63, 3.8) is 0 Å². The first-order valence-corrected chi connectivity index (χ1v) is 10.9. The number of carbonyl (C=O) groups excluding carboxylic acids is 1. The number of amides is 2. The Morgan fingerprint density at radius 3 is 2.56 bits per heavy atom. The van der Waals surface area contributed by atoms with Gasteiger partial charge < -0.3 is 20.1 Å². The molecule has 2 aliphatic heterocycles. The molecule has 6 nitrogen and oxygen atoms in total. The molecule has 150 valence electrons. The van der Waals surface area contributed by atoms with E-state index in [0.29, 0.717) is 13.1 Å². The third-order valence-electron chi connectivity index (χ3n) is 5.54. The van der Waals surface area contributed by atoms with Crippen LogP contribution in [0, 0.1) is 0 Å². The van der Waals surface area contributed by atoms with Crippen LogP contribution in [0.15, 0.2) is 24.3 Å². The number of urea groups is 1. The molecule has 2 amide bonds. The fourth-order valence-electron chi connectivity index (χ4n) is 3.81. The predicted molar refractivity (Wildman–Crippen MR) is 110 cm³/mol. The van der Waals surface area contributed by atoms with Crippen molar-refractivity contribution < 1.29 is 14.3 Å². The molecule has 2 fully saturated rings. The number of benzene rings is 1. The quantitative estimate of drug-likeness (QED) is 0.743. The monoisotopic (exact) mass is 393 g/mol. The number of nitrogens with one attached hydrogen (secondary N) is 2. The van der Waals surface area contributed by atoms with E-state index in [0.717, 1.165) is 62.8 Å². The summed E-state index contributed by atoms with van der Waals surface area (Å²) < 4.78 is 10.7. The van der Waals surface area contributed by atoms with Gasteiger partial charge in [0.15, 0.2) is 0 Å². The van der Waals surface area contributed by atoms with Crippen molar-refractivity contribution in [3.8, 4) is 5.75 Å². The third kappa shape index (κ3) is 5.77. The van der Waals surface area contributed by atoms with Crippen molar-refractivity contribution in [2.45, 2.75) is 24.8 Å². The van der Waals surface area contributed by atoms with Gasteiger partial charge in [0.1, 0.15) is 5.75 Å². The molecule has 0 unspecified atom stereocenters. The Kier molecular flexibility index (Phi) is 7.67. The van der Waals surface area contributed by atoms with Gasteiger partial charge in [-0.2, -0.15) is 11.8 Å². The van der Waals surface area contributed by atoms with Crippen LogP contribution in [0.4, 0.5) is 4.79 Å². The number of hydrogen-bond donors (Lipinski definition) is 2. The lowest BCUT2D eigenvalue weighted by Gasteiger charge is -2.48. The lowest BCUT2D eigenvalue weighted by atomic mass is 9.89. The molecule has 3 rings (SSSR count). The van der Waals surface area contributed by atoms with Crippen molar-refractivity contribution in [1.82, 2.24) is 15.5 Å². The molecule has 27 heavy (non-hydrogen) atoms. The summed E-state index contributed by atoms with van der Waals surface area (Å²) in [7, 11) is 1.66. The molecule has 2 N–H and O–H groups in total. The SMILES string of the molecule is COc1ccc(CCNC(=O)NCC2(N3CCOCC3)CCSCC2)cc1. The van der Waals surface area contributed by atoms with Crippen LogP contribution < -0.4 is 15.4 Å². The largest absolute Gasteiger partial charge is 0.497 e. The maximum Gasteiger partial charge on any atom is 0.314 e. The van der Waals surface area contributed by atoms with Crippen molar-refractivity contribution in [2.24, 2.45) is 0 Å². The minimum atomic E-state index is -0.0747. The predicted octanol–water partition coefficient (Wildman–Crippen LogP) is 2.13. The average molecular weight is 394 g/mol. The van der Waals surface area contributed by atoms with Crippen LogP contribution in [0.1, 0.15) is 18.4 Å². The standard InChI is InChI=1S/C20H31N3O3S/c1-25-18-4-2-17(3-5-18)6-9-21-19(24)22-16-20(7-14-27-15-8-20)23-10-12-26-13-11-23/h2-5H,6-16H2,1H3,(H2,21,22,24). The Labute approximate surface area is 166 Å². The van der Waals surface area contributed by atoms with Gasteiger partial charge in [-0.15, -0.1) is 0 Å². The highest BCUT2D eigenvalue weighted by Gasteiger charge is 2.39. The molecule has 2 aliphatic rings. The van der Waals surface area contributed by atoms with Gasteiger partial charge in [0, 0.05) is 31.7 Å². The van der Waals surface area contributed by atoms with Crippen LogP contribution >= 0.6 is 11.8 Å². The van der Waals surface area contributed by atoms with Crippen molar-refractivity contribution in [3.05, 3.63) is 29.8 Å². The first-order valence-electron chi connectivity index (χ1n) is 9.77. The van der Waals surface area contributed by atoms with E-state index in [-0.39, 0.29) is 11.6 Å². The van der Waals surface area contributed by atoms with Gasteiger partial charge in [-0.25, -0.2) is 4.79 Å². The molecule has 1 aromatic rings. The molecule has 0 aromatic heterocycles. The maximum atomic E-state index is 12.3. The molecule has 2 saturated heterocycles. The van der Waals surface area contributed by atoms with E-state index in [2.05, 4.69) is 15.5 Å². The minimum Gasteiger partial charge on any atom is -0.497 e. The van der Waals surface area contributed by atoms with Gasteiger partial charge in [0.2, 0.25) is 0 Å². The van der Waals surface area contributed by atoms with Crippen molar-refractivity contribution >= 4 is 17.8 Å². The summed E-state index contributed by atoms with van der Waals surface area (Å²) in [4.78, 5) is 14.8. The normalized spacial score (nSPS) is 20.0. The second-order valence-electron chi connectivity index (χ2n) is 7.14. The topological polar surface area (TPSA) is 62.8 Å². The van der Waals surface area contributed by atoms with Gasteiger partial charge >= 0.3 is 6.03 Å². The summed E-state index contributed by atoms with van der Waals surface area (Å²) in [6.45, 7) is 4.85. The number of morpholine rings is 1. The van der Waals surface area contributed by atoms with E-state index in [1.165, 1.54) is 5.56 Å². The third-order valence-corrected chi connectivity index (χ3v) is 6.53. The van der Waals surface area contributed by atoms with Gasteiger partial charge in [0.05, 0.1) is 20.3 Å². The first-order chi connectivity index (χ1) is 13.2. The van der Waals surface area contributed by atoms with E-state index in [1.807, 2.05) is 36.0 Å². The summed E-state index contributed by atoms with van der Waals surface area (Å²) in [5.41, 5.74) is 1.27. The number of nitrogens with zero attached hydrogens (tertiary/aromatic N) is 1. The molecule has 0 spiro atoms. The molecule has 0 saturated carbocycles. The van der Waals surface area contributed by atoms with Gasteiger partial charge in [-0.05, 0) is 48.5 Å². The zero-order valence-electron chi connectivity index (χ0n) is 16.2. The Morgan fingerprint density at radius 1 is 1.19 bits per heavy atom. The number of carbonyl (C=O) groups is 1. The fraction of sp³-hybridized carbons (Fsp3) is 0.650. The Hall–Kier alpha value is -1.44. The maximum absolute atomic E-state index is 12.3. The van der Waals surface area contributed by atoms with Crippen LogP contribution in [0.25, 0.3) is 0 Å². The van der Waals surface area contributed by atoms with Gasteiger partial charge in [-0.3, -0.25) is 4.90 Å². The number of ether oxygens (including phenoxy) is 2. The van der Waals surface area contributed by atoms with E-state index in [9.17, 15) is 4.79 Å². The number of methoxy groups -OCH3 is 1. The molecule has 0 aliphatic carbocycles. The van der Waals surface area contributed by atoms with Crippen LogP contribution in [-0.2, 0) is 11.2 Å². The van der Waals surface area contributed by atoms with Crippen molar-refractivity contribution in [2.75, 3.05) is 58.0 Å². The van der Waals surface area contributed by atoms with Crippen LogP contribution in [-0.4, -0.2) is 74.5 Å². The second-order valence-corrected chi connectivity index (χ2v) is 8.37. The fourth-order valence-corrected chi connectivity index (χ4v) is 5.07. The Balaban J connectivity index is 1.44. The summed E-state index contributed by atoms with van der Waals surface area (Å²) in [5.74, 6) is 3.18. The summed E-state index contributed by atoms with van der Waals surface area (Å²) in [6.07, 6.45) is 3.07. The summed E-state index contributed by atoms with van der Waals surface area (Å²) in [5, 5.41) is 6.12. The zero-order valence-corrected chi connectivity index (χ0v) is 17.0. The first kappa shape index (κ1) is 20.3. The number of rotatable bonds is 7. The molecule has 2 heterocycles. The highest BCUT2D eigenvalue weighted by atomic mass is 32.2.